The molecule has 0 bridgehead atoms. The molecule has 0 amide bonds. The third-order valence-electron chi connectivity index (χ3n) is 2.72. The molecule has 1 aliphatic carbocycles. The molecule has 0 saturated heterocycles. The first-order chi connectivity index (χ1) is 7.84. The molecule has 88 valence electrons. The Labute approximate surface area is 107 Å². The lowest BCUT2D eigenvalue weighted by atomic mass is 10.2. The van der Waals surface area contributed by atoms with Crippen molar-refractivity contribution in [1.82, 2.24) is 5.32 Å². The topological polar surface area (TPSA) is 12.0 Å². The van der Waals surface area contributed by atoms with Crippen LogP contribution in [0.5, 0.6) is 0 Å². The SMILES string of the molecule is Clc1ccc(CNCCSCC2CC2)cc1. The summed E-state index contributed by atoms with van der Waals surface area (Å²) in [6, 6.07) is 8.04. The van der Waals surface area contributed by atoms with Crippen LogP contribution < -0.4 is 5.32 Å². The maximum absolute atomic E-state index is 5.83. The first kappa shape index (κ1) is 12.3. The quantitative estimate of drug-likeness (QED) is 0.748. The number of benzene rings is 1. The van der Waals surface area contributed by atoms with E-state index >= 15 is 0 Å². The normalized spacial score (nSPS) is 15.3. The van der Waals surface area contributed by atoms with Crippen LogP contribution in [0.25, 0.3) is 0 Å². The molecule has 1 N–H and O–H groups in total. The van der Waals surface area contributed by atoms with Crippen molar-refractivity contribution in [3.63, 3.8) is 0 Å². The average Bonchev–Trinajstić information content (AvgIpc) is 3.10. The molecule has 0 atom stereocenters. The van der Waals surface area contributed by atoms with E-state index in [2.05, 4.69) is 29.2 Å². The van der Waals surface area contributed by atoms with Crippen molar-refractivity contribution in [2.75, 3.05) is 18.1 Å². The molecular formula is C13H18ClNS. The van der Waals surface area contributed by atoms with Crippen LogP contribution in [0, 0.1) is 5.92 Å². The molecule has 1 aromatic carbocycles. The van der Waals surface area contributed by atoms with Crippen LogP contribution in [0.1, 0.15) is 18.4 Å². The van der Waals surface area contributed by atoms with Gasteiger partial charge in [-0.1, -0.05) is 23.7 Å². The molecule has 0 heterocycles. The number of rotatable bonds is 7. The highest BCUT2D eigenvalue weighted by atomic mass is 35.5. The molecule has 1 nitrogen and oxygen atoms in total. The fourth-order valence-electron chi connectivity index (χ4n) is 1.51. The van der Waals surface area contributed by atoms with E-state index in [1.54, 1.807) is 0 Å². The highest BCUT2D eigenvalue weighted by Crippen LogP contribution is 2.32. The highest BCUT2D eigenvalue weighted by molar-refractivity contribution is 7.99. The van der Waals surface area contributed by atoms with E-state index in [0.29, 0.717) is 0 Å². The largest absolute Gasteiger partial charge is 0.312 e. The van der Waals surface area contributed by atoms with Gasteiger partial charge in [0.15, 0.2) is 0 Å². The predicted molar refractivity (Wildman–Crippen MR) is 73.2 cm³/mol. The Morgan fingerprint density at radius 1 is 1.25 bits per heavy atom. The Bertz CT molecular complexity index is 308. The number of hydrogen-bond donors (Lipinski definition) is 1. The predicted octanol–water partition coefficient (Wildman–Crippen LogP) is 3.57. The van der Waals surface area contributed by atoms with Crippen molar-refractivity contribution in [2.24, 2.45) is 5.92 Å². The van der Waals surface area contributed by atoms with Gasteiger partial charge in [-0.3, -0.25) is 0 Å². The molecule has 1 aromatic rings. The van der Waals surface area contributed by atoms with Gasteiger partial charge < -0.3 is 5.32 Å². The summed E-state index contributed by atoms with van der Waals surface area (Å²) in [6.45, 7) is 2.04. The van der Waals surface area contributed by atoms with Crippen molar-refractivity contribution < 1.29 is 0 Å². The van der Waals surface area contributed by atoms with Gasteiger partial charge in [-0.2, -0.15) is 11.8 Å². The van der Waals surface area contributed by atoms with Gasteiger partial charge in [-0.25, -0.2) is 0 Å². The third-order valence-corrected chi connectivity index (χ3v) is 4.17. The first-order valence-corrected chi connectivity index (χ1v) is 7.41. The molecule has 0 spiro atoms. The highest BCUT2D eigenvalue weighted by Gasteiger charge is 2.20. The molecule has 16 heavy (non-hydrogen) atoms. The van der Waals surface area contributed by atoms with Crippen LogP contribution in [0.4, 0.5) is 0 Å². The lowest BCUT2D eigenvalue weighted by Gasteiger charge is -2.04. The zero-order chi connectivity index (χ0) is 11.2. The van der Waals surface area contributed by atoms with Crippen molar-refractivity contribution in [1.29, 1.82) is 0 Å². The van der Waals surface area contributed by atoms with Crippen LogP contribution in [-0.2, 0) is 6.54 Å². The van der Waals surface area contributed by atoms with Crippen LogP contribution in [-0.4, -0.2) is 18.1 Å². The summed E-state index contributed by atoms with van der Waals surface area (Å²) in [5.74, 6) is 3.63. The third kappa shape index (κ3) is 4.77. The minimum atomic E-state index is 0.809. The molecule has 0 unspecified atom stereocenters. The molecular weight excluding hydrogens is 238 g/mol. The number of hydrogen-bond acceptors (Lipinski definition) is 2. The summed E-state index contributed by atoms with van der Waals surface area (Å²) in [5, 5.41) is 4.26. The summed E-state index contributed by atoms with van der Waals surface area (Å²) in [6.07, 6.45) is 2.93. The van der Waals surface area contributed by atoms with Crippen LogP contribution >= 0.6 is 23.4 Å². The van der Waals surface area contributed by atoms with Gasteiger partial charge in [-0.15, -0.1) is 0 Å². The standard InChI is InChI=1S/C13H18ClNS/c14-13-5-3-11(4-6-13)9-15-7-8-16-10-12-1-2-12/h3-6,12,15H,1-2,7-10H2. The molecule has 2 rings (SSSR count). The van der Waals surface area contributed by atoms with Gasteiger partial charge in [-0.05, 0) is 42.2 Å². The first-order valence-electron chi connectivity index (χ1n) is 5.87. The summed E-state index contributed by atoms with van der Waals surface area (Å²) in [7, 11) is 0. The van der Waals surface area contributed by atoms with E-state index in [4.69, 9.17) is 11.6 Å². The minimum absolute atomic E-state index is 0.809. The van der Waals surface area contributed by atoms with E-state index in [9.17, 15) is 0 Å². The Morgan fingerprint density at radius 2 is 2.00 bits per heavy atom. The molecule has 3 heteroatoms. The van der Waals surface area contributed by atoms with Gasteiger partial charge in [0.1, 0.15) is 0 Å². The molecule has 1 aliphatic rings. The van der Waals surface area contributed by atoms with Crippen molar-refractivity contribution in [3.05, 3.63) is 34.9 Å². The maximum Gasteiger partial charge on any atom is 0.0406 e. The molecule has 0 aromatic heterocycles. The van der Waals surface area contributed by atoms with Crippen molar-refractivity contribution in [3.8, 4) is 0 Å². The maximum atomic E-state index is 5.83. The zero-order valence-corrected chi connectivity index (χ0v) is 11.0. The Balaban J connectivity index is 1.51. The second kappa shape index (κ2) is 6.53. The zero-order valence-electron chi connectivity index (χ0n) is 9.42. The molecule has 1 saturated carbocycles. The van der Waals surface area contributed by atoms with E-state index in [-0.39, 0.29) is 0 Å². The summed E-state index contributed by atoms with van der Waals surface area (Å²) < 4.78 is 0. The van der Waals surface area contributed by atoms with E-state index in [1.807, 2.05) is 12.1 Å². The molecule has 0 radical (unpaired) electrons. The van der Waals surface area contributed by atoms with Gasteiger partial charge in [0, 0.05) is 23.9 Å². The Morgan fingerprint density at radius 3 is 2.69 bits per heavy atom. The van der Waals surface area contributed by atoms with E-state index in [0.717, 1.165) is 24.0 Å². The molecule has 0 aliphatic heterocycles. The Hall–Kier alpha value is -0.180. The summed E-state index contributed by atoms with van der Waals surface area (Å²) >= 11 is 7.90. The fraction of sp³-hybridized carbons (Fsp3) is 0.538. The summed E-state index contributed by atoms with van der Waals surface area (Å²) in [4.78, 5) is 0. The van der Waals surface area contributed by atoms with Crippen molar-refractivity contribution >= 4 is 23.4 Å². The lowest BCUT2D eigenvalue weighted by molar-refractivity contribution is 0.731. The monoisotopic (exact) mass is 255 g/mol. The van der Waals surface area contributed by atoms with Crippen LogP contribution in [0.3, 0.4) is 0 Å². The van der Waals surface area contributed by atoms with Gasteiger partial charge in [0.05, 0.1) is 0 Å². The van der Waals surface area contributed by atoms with Gasteiger partial charge in [0.2, 0.25) is 0 Å². The van der Waals surface area contributed by atoms with Crippen molar-refractivity contribution in [2.45, 2.75) is 19.4 Å². The van der Waals surface area contributed by atoms with Crippen LogP contribution in [0.15, 0.2) is 24.3 Å². The smallest absolute Gasteiger partial charge is 0.0406 e. The fourth-order valence-corrected chi connectivity index (χ4v) is 2.76. The average molecular weight is 256 g/mol. The molecule has 1 fully saturated rings. The second-order valence-corrected chi connectivity index (χ2v) is 5.91. The van der Waals surface area contributed by atoms with Gasteiger partial charge in [0.25, 0.3) is 0 Å². The number of halogens is 1. The summed E-state index contributed by atoms with van der Waals surface area (Å²) in [5.41, 5.74) is 1.30. The Kier molecular flexibility index (Phi) is 5.01. The van der Waals surface area contributed by atoms with Gasteiger partial charge >= 0.3 is 0 Å². The van der Waals surface area contributed by atoms with E-state index < -0.39 is 0 Å². The lowest BCUT2D eigenvalue weighted by Crippen LogP contribution is -2.16. The number of nitrogens with one attached hydrogen (secondary N) is 1. The minimum Gasteiger partial charge on any atom is -0.312 e. The number of thioether (sulfide) groups is 1. The van der Waals surface area contributed by atoms with Crippen LogP contribution in [0.2, 0.25) is 5.02 Å². The van der Waals surface area contributed by atoms with E-state index in [1.165, 1.54) is 29.9 Å². The second-order valence-electron chi connectivity index (χ2n) is 4.32.